The van der Waals surface area contributed by atoms with Gasteiger partial charge in [0.25, 0.3) is 11.8 Å². The van der Waals surface area contributed by atoms with Gasteiger partial charge >= 0.3 is 0 Å². The lowest BCUT2D eigenvalue weighted by molar-refractivity contribution is 0.0772. The van der Waals surface area contributed by atoms with Crippen molar-refractivity contribution in [2.45, 2.75) is 13.8 Å². The van der Waals surface area contributed by atoms with Gasteiger partial charge in [0.1, 0.15) is 0 Å². The van der Waals surface area contributed by atoms with Gasteiger partial charge in [0.15, 0.2) is 0 Å². The van der Waals surface area contributed by atoms with Gasteiger partial charge in [-0.05, 0) is 55.3 Å². The number of thioether (sulfide) groups is 1. The average Bonchev–Trinajstić information content (AvgIpc) is 2.65. The van der Waals surface area contributed by atoms with Gasteiger partial charge in [-0.25, -0.2) is 0 Å². The highest BCUT2D eigenvalue weighted by Crippen LogP contribution is 2.21. The molecule has 6 heteroatoms. The monoisotopic (exact) mass is 369 g/mol. The van der Waals surface area contributed by atoms with E-state index in [0.29, 0.717) is 22.5 Å². The van der Waals surface area contributed by atoms with Crippen LogP contribution in [0.2, 0.25) is 0 Å². The molecule has 0 bridgehead atoms. The van der Waals surface area contributed by atoms with Gasteiger partial charge in [-0.3, -0.25) is 9.59 Å². The zero-order valence-electron chi connectivity index (χ0n) is 15.0. The molecule has 5 nitrogen and oxygen atoms in total. The third-order valence-electron chi connectivity index (χ3n) is 4.53. The van der Waals surface area contributed by atoms with Crippen molar-refractivity contribution in [1.29, 1.82) is 0 Å². The predicted octanol–water partition coefficient (Wildman–Crippen LogP) is 3.33. The van der Waals surface area contributed by atoms with Crippen LogP contribution in [0.25, 0.3) is 0 Å². The van der Waals surface area contributed by atoms with Crippen LogP contribution in [0.15, 0.2) is 36.4 Å². The highest BCUT2D eigenvalue weighted by molar-refractivity contribution is 7.99. The molecular weight excluding hydrogens is 346 g/mol. The molecule has 1 heterocycles. The van der Waals surface area contributed by atoms with E-state index in [4.69, 9.17) is 5.73 Å². The van der Waals surface area contributed by atoms with Crippen molar-refractivity contribution >= 4 is 35.0 Å². The van der Waals surface area contributed by atoms with Gasteiger partial charge in [-0.2, -0.15) is 11.8 Å². The summed E-state index contributed by atoms with van der Waals surface area (Å²) < 4.78 is 0. The van der Waals surface area contributed by atoms with E-state index >= 15 is 0 Å². The van der Waals surface area contributed by atoms with Crippen LogP contribution in [0.1, 0.15) is 31.8 Å². The molecular formula is C20H23N3O2S. The van der Waals surface area contributed by atoms with E-state index in [0.717, 1.165) is 35.7 Å². The fourth-order valence-electron chi connectivity index (χ4n) is 2.96. The van der Waals surface area contributed by atoms with Crippen LogP contribution in [0.3, 0.4) is 0 Å². The molecule has 0 unspecified atom stereocenters. The average molecular weight is 369 g/mol. The minimum Gasteiger partial charge on any atom is -0.399 e. The lowest BCUT2D eigenvalue weighted by Crippen LogP contribution is -2.37. The van der Waals surface area contributed by atoms with Gasteiger partial charge in [0.05, 0.1) is 0 Å². The Morgan fingerprint density at radius 3 is 2.46 bits per heavy atom. The Morgan fingerprint density at radius 2 is 1.77 bits per heavy atom. The van der Waals surface area contributed by atoms with E-state index in [1.165, 1.54) is 0 Å². The predicted molar refractivity (Wildman–Crippen MR) is 108 cm³/mol. The van der Waals surface area contributed by atoms with Crippen molar-refractivity contribution < 1.29 is 9.59 Å². The van der Waals surface area contributed by atoms with Crippen molar-refractivity contribution in [1.82, 2.24) is 4.90 Å². The summed E-state index contributed by atoms with van der Waals surface area (Å²) in [6.45, 7) is 5.34. The molecule has 0 spiro atoms. The number of nitrogens with two attached hydrogens (primary N) is 1. The number of carbonyl (C=O) groups excluding carboxylic acids is 2. The van der Waals surface area contributed by atoms with Crippen molar-refractivity contribution in [2.24, 2.45) is 0 Å². The Bertz CT molecular complexity index is 845. The minimum absolute atomic E-state index is 0.0537. The summed E-state index contributed by atoms with van der Waals surface area (Å²) in [5.74, 6) is 1.82. The second-order valence-corrected chi connectivity index (χ2v) is 7.69. The molecule has 136 valence electrons. The third-order valence-corrected chi connectivity index (χ3v) is 5.47. The van der Waals surface area contributed by atoms with Gasteiger partial charge in [-0.15, -0.1) is 0 Å². The quantitative estimate of drug-likeness (QED) is 0.814. The summed E-state index contributed by atoms with van der Waals surface area (Å²) in [5, 5.41) is 2.92. The third kappa shape index (κ3) is 4.02. The van der Waals surface area contributed by atoms with E-state index in [2.05, 4.69) is 5.32 Å². The number of amides is 2. The number of benzene rings is 2. The van der Waals surface area contributed by atoms with Crippen LogP contribution < -0.4 is 11.1 Å². The lowest BCUT2D eigenvalue weighted by atomic mass is 10.1. The van der Waals surface area contributed by atoms with Gasteiger partial charge in [-0.1, -0.05) is 6.07 Å². The fourth-order valence-corrected chi connectivity index (χ4v) is 3.86. The Morgan fingerprint density at radius 1 is 1.04 bits per heavy atom. The van der Waals surface area contributed by atoms with Crippen LogP contribution >= 0.6 is 11.8 Å². The molecule has 26 heavy (non-hydrogen) atoms. The van der Waals surface area contributed by atoms with Gasteiger partial charge in [0, 0.05) is 47.1 Å². The summed E-state index contributed by atoms with van der Waals surface area (Å²) in [5.41, 5.74) is 9.97. The number of nitrogens with zero attached hydrogens (tertiary/aromatic N) is 1. The molecule has 3 rings (SSSR count). The highest BCUT2D eigenvalue weighted by Gasteiger charge is 2.19. The van der Waals surface area contributed by atoms with E-state index in [-0.39, 0.29) is 11.8 Å². The van der Waals surface area contributed by atoms with Crippen molar-refractivity contribution in [3.63, 3.8) is 0 Å². The molecule has 2 amide bonds. The summed E-state index contributed by atoms with van der Waals surface area (Å²) in [6, 6.07) is 10.7. The second-order valence-electron chi connectivity index (χ2n) is 6.46. The van der Waals surface area contributed by atoms with E-state index in [9.17, 15) is 9.59 Å². The normalized spacial score (nSPS) is 14.2. The topological polar surface area (TPSA) is 75.4 Å². The van der Waals surface area contributed by atoms with Crippen molar-refractivity contribution in [3.05, 3.63) is 58.7 Å². The maximum atomic E-state index is 12.6. The Hall–Kier alpha value is -2.47. The van der Waals surface area contributed by atoms with Crippen LogP contribution in [0.5, 0.6) is 0 Å². The first-order chi connectivity index (χ1) is 12.5. The number of anilines is 2. The summed E-state index contributed by atoms with van der Waals surface area (Å²) in [7, 11) is 0. The molecule has 0 atom stereocenters. The molecule has 0 radical (unpaired) electrons. The van der Waals surface area contributed by atoms with Crippen molar-refractivity contribution in [2.75, 3.05) is 35.6 Å². The van der Waals surface area contributed by atoms with Crippen LogP contribution in [0, 0.1) is 13.8 Å². The molecule has 2 aromatic carbocycles. The number of rotatable bonds is 3. The number of hydrogen-bond donors (Lipinski definition) is 2. The molecule has 0 saturated carbocycles. The number of aryl methyl sites for hydroxylation is 2. The van der Waals surface area contributed by atoms with Crippen LogP contribution in [-0.2, 0) is 0 Å². The lowest BCUT2D eigenvalue weighted by Gasteiger charge is -2.26. The molecule has 2 aromatic rings. The summed E-state index contributed by atoms with van der Waals surface area (Å²) >= 11 is 1.87. The number of hydrogen-bond acceptors (Lipinski definition) is 4. The molecule has 3 N–H and O–H groups in total. The number of carbonyl (C=O) groups is 2. The van der Waals surface area contributed by atoms with E-state index in [1.807, 2.05) is 42.6 Å². The molecule has 0 aromatic heterocycles. The maximum absolute atomic E-state index is 12.6. The first-order valence-corrected chi connectivity index (χ1v) is 9.76. The molecule has 0 aliphatic carbocycles. The summed E-state index contributed by atoms with van der Waals surface area (Å²) in [4.78, 5) is 27.1. The van der Waals surface area contributed by atoms with Crippen molar-refractivity contribution in [3.8, 4) is 0 Å². The highest BCUT2D eigenvalue weighted by atomic mass is 32.2. The summed E-state index contributed by atoms with van der Waals surface area (Å²) in [6.07, 6.45) is 0. The largest absolute Gasteiger partial charge is 0.399 e. The minimum atomic E-state index is -0.204. The number of nitrogen functional groups attached to an aromatic ring is 1. The Balaban J connectivity index is 1.76. The molecule has 1 aliphatic heterocycles. The Labute approximate surface area is 157 Å². The van der Waals surface area contributed by atoms with Crippen LogP contribution in [-0.4, -0.2) is 41.3 Å². The first-order valence-electron chi connectivity index (χ1n) is 8.61. The zero-order valence-corrected chi connectivity index (χ0v) is 15.9. The Kier molecular flexibility index (Phi) is 5.52. The SMILES string of the molecule is Cc1cc(C(=O)N2CCSCC2)ccc1NC(=O)c1cc(N)ccc1C. The maximum Gasteiger partial charge on any atom is 0.256 e. The molecule has 1 saturated heterocycles. The van der Waals surface area contributed by atoms with Gasteiger partial charge in [0.2, 0.25) is 0 Å². The van der Waals surface area contributed by atoms with E-state index in [1.54, 1.807) is 24.3 Å². The molecule has 1 aliphatic rings. The van der Waals surface area contributed by atoms with Gasteiger partial charge < -0.3 is 16.0 Å². The smallest absolute Gasteiger partial charge is 0.256 e. The van der Waals surface area contributed by atoms with Crippen LogP contribution in [0.4, 0.5) is 11.4 Å². The number of nitrogens with one attached hydrogen (secondary N) is 1. The van der Waals surface area contributed by atoms with E-state index < -0.39 is 0 Å². The first kappa shape index (κ1) is 18.3. The fraction of sp³-hybridized carbons (Fsp3) is 0.300. The standard InChI is InChI=1S/C20H23N3O2S/c1-13-3-5-16(21)12-17(13)19(24)22-18-6-4-15(11-14(18)2)20(25)23-7-9-26-10-8-23/h3-6,11-12H,7-10,21H2,1-2H3,(H,22,24). The zero-order chi connectivity index (χ0) is 18.7. The molecule has 1 fully saturated rings. The second kappa shape index (κ2) is 7.83.